The molecular formula is C17H26N4O4. The minimum atomic E-state index is -0.305. The number of urea groups is 1. The van der Waals surface area contributed by atoms with Crippen molar-refractivity contribution in [3.63, 3.8) is 0 Å². The van der Waals surface area contributed by atoms with Crippen LogP contribution in [0.5, 0.6) is 0 Å². The largest absolute Gasteiger partial charge is 0.395 e. The Balaban J connectivity index is 1.96. The topological polar surface area (TPSA) is 103 Å². The summed E-state index contributed by atoms with van der Waals surface area (Å²) in [5.74, 6) is -0.253. The zero-order valence-corrected chi connectivity index (χ0v) is 14.8. The van der Waals surface area contributed by atoms with Gasteiger partial charge in [0.05, 0.1) is 6.61 Å². The van der Waals surface area contributed by atoms with Gasteiger partial charge in [-0.25, -0.2) is 4.79 Å². The lowest BCUT2D eigenvalue weighted by Gasteiger charge is -2.16. The lowest BCUT2D eigenvalue weighted by molar-refractivity contribution is -0.119. The molecule has 4 N–H and O–H groups in total. The van der Waals surface area contributed by atoms with Crippen LogP contribution < -0.4 is 16.0 Å². The fourth-order valence-corrected chi connectivity index (χ4v) is 2.97. The van der Waals surface area contributed by atoms with E-state index in [2.05, 4.69) is 16.0 Å². The molecule has 0 aliphatic carbocycles. The lowest BCUT2D eigenvalue weighted by atomic mass is 10.1. The molecule has 1 aliphatic rings. The molecule has 0 unspecified atom stereocenters. The number of carbonyl (C=O) groups is 2. The van der Waals surface area contributed by atoms with Gasteiger partial charge in [-0.3, -0.25) is 9.69 Å². The van der Waals surface area contributed by atoms with Crippen LogP contribution in [0.25, 0.3) is 0 Å². The normalized spacial score (nSPS) is 20.3. The molecular weight excluding hydrogens is 324 g/mol. The molecule has 2 atom stereocenters. The van der Waals surface area contributed by atoms with Crippen LogP contribution >= 0.6 is 0 Å². The molecule has 1 fully saturated rings. The molecule has 25 heavy (non-hydrogen) atoms. The van der Waals surface area contributed by atoms with E-state index in [1.54, 1.807) is 18.2 Å². The van der Waals surface area contributed by atoms with Gasteiger partial charge in [-0.1, -0.05) is 6.07 Å². The Labute approximate surface area is 147 Å². The highest BCUT2D eigenvalue weighted by Crippen LogP contribution is 2.23. The van der Waals surface area contributed by atoms with Crippen molar-refractivity contribution < 1.29 is 19.4 Å². The van der Waals surface area contributed by atoms with Gasteiger partial charge < -0.3 is 25.8 Å². The zero-order chi connectivity index (χ0) is 18.4. The van der Waals surface area contributed by atoms with Crippen LogP contribution in [0.3, 0.4) is 0 Å². The standard InChI is InChI=1S/C17H26N4O4/c1-11-14(19-16(23)10-25-3)5-4-6-15(11)20-17(24)18-12-7-13(9-22)21(2)8-12/h4-6,12-13,22H,7-10H2,1-3H3,(H,19,23)(H2,18,20,24)/t12-,13+/m1/s1. The Kier molecular flexibility index (Phi) is 6.74. The van der Waals surface area contributed by atoms with E-state index in [-0.39, 0.29) is 37.2 Å². The molecule has 1 aliphatic heterocycles. The molecule has 8 nitrogen and oxygen atoms in total. The molecule has 138 valence electrons. The summed E-state index contributed by atoms with van der Waals surface area (Å²) in [5.41, 5.74) is 2.01. The number of amides is 3. The van der Waals surface area contributed by atoms with Crippen molar-refractivity contribution in [2.45, 2.75) is 25.4 Å². The van der Waals surface area contributed by atoms with Gasteiger partial charge in [0, 0.05) is 37.1 Å². The van der Waals surface area contributed by atoms with E-state index in [9.17, 15) is 14.7 Å². The van der Waals surface area contributed by atoms with Crippen LogP contribution in [-0.2, 0) is 9.53 Å². The van der Waals surface area contributed by atoms with Crippen molar-refractivity contribution in [1.29, 1.82) is 0 Å². The molecule has 1 saturated heterocycles. The average Bonchev–Trinajstić information content (AvgIpc) is 2.91. The summed E-state index contributed by atoms with van der Waals surface area (Å²) in [7, 11) is 3.38. The van der Waals surface area contributed by atoms with Crippen LogP contribution in [-0.4, -0.2) is 67.9 Å². The highest BCUT2D eigenvalue weighted by Gasteiger charge is 2.29. The van der Waals surface area contributed by atoms with Gasteiger partial charge in [0.1, 0.15) is 6.61 Å². The first kappa shape index (κ1) is 19.2. The highest BCUT2D eigenvalue weighted by molar-refractivity contribution is 5.95. The number of carbonyl (C=O) groups excluding carboxylic acids is 2. The summed E-state index contributed by atoms with van der Waals surface area (Å²) in [6, 6.07) is 5.07. The van der Waals surface area contributed by atoms with Gasteiger partial charge in [0.15, 0.2) is 0 Å². The number of likely N-dealkylation sites (tertiary alicyclic amines) is 1. The predicted molar refractivity (Wildman–Crippen MR) is 95.7 cm³/mol. The molecule has 3 amide bonds. The van der Waals surface area contributed by atoms with Gasteiger partial charge in [-0.2, -0.15) is 0 Å². The first-order valence-electron chi connectivity index (χ1n) is 8.21. The monoisotopic (exact) mass is 350 g/mol. The molecule has 0 spiro atoms. The molecule has 0 aromatic heterocycles. The summed E-state index contributed by atoms with van der Waals surface area (Å²) in [6.07, 6.45) is 0.715. The Morgan fingerprint density at radius 2 is 2.00 bits per heavy atom. The van der Waals surface area contributed by atoms with E-state index in [0.29, 0.717) is 24.3 Å². The van der Waals surface area contributed by atoms with Gasteiger partial charge >= 0.3 is 6.03 Å². The van der Waals surface area contributed by atoms with Crippen LogP contribution in [0.2, 0.25) is 0 Å². The first-order valence-corrected chi connectivity index (χ1v) is 8.21. The Bertz CT molecular complexity index is 623. The summed E-state index contributed by atoms with van der Waals surface area (Å²) >= 11 is 0. The fourth-order valence-electron chi connectivity index (χ4n) is 2.97. The highest BCUT2D eigenvalue weighted by atomic mass is 16.5. The molecule has 2 rings (SSSR count). The van der Waals surface area contributed by atoms with Crippen LogP contribution in [0.15, 0.2) is 18.2 Å². The quantitative estimate of drug-likeness (QED) is 0.607. The van der Waals surface area contributed by atoms with E-state index in [4.69, 9.17) is 4.74 Å². The van der Waals surface area contributed by atoms with E-state index in [1.165, 1.54) is 7.11 Å². The summed E-state index contributed by atoms with van der Waals surface area (Å²) in [6.45, 7) is 2.57. The maximum Gasteiger partial charge on any atom is 0.319 e. The smallest absolute Gasteiger partial charge is 0.319 e. The lowest BCUT2D eigenvalue weighted by Crippen LogP contribution is -2.39. The van der Waals surface area contributed by atoms with Crippen LogP contribution in [0.4, 0.5) is 16.2 Å². The van der Waals surface area contributed by atoms with Crippen molar-refractivity contribution >= 4 is 23.3 Å². The Hall–Kier alpha value is -2.16. The van der Waals surface area contributed by atoms with E-state index < -0.39 is 0 Å². The SMILES string of the molecule is COCC(=O)Nc1cccc(NC(=O)N[C@@H]2C[C@@H](CO)N(C)C2)c1C. The van der Waals surface area contributed by atoms with Crippen LogP contribution in [0, 0.1) is 6.92 Å². The minimum Gasteiger partial charge on any atom is -0.395 e. The summed E-state index contributed by atoms with van der Waals surface area (Å²) in [5, 5.41) is 17.8. The zero-order valence-electron chi connectivity index (χ0n) is 14.8. The minimum absolute atomic E-state index is 0.00737. The van der Waals surface area contributed by atoms with Crippen molar-refractivity contribution in [2.75, 3.05) is 44.5 Å². The van der Waals surface area contributed by atoms with Crippen molar-refractivity contribution in [3.05, 3.63) is 23.8 Å². The summed E-state index contributed by atoms with van der Waals surface area (Å²) < 4.78 is 4.80. The van der Waals surface area contributed by atoms with Gasteiger partial charge in [0.2, 0.25) is 5.91 Å². The first-order chi connectivity index (χ1) is 11.9. The second-order valence-electron chi connectivity index (χ2n) is 6.27. The van der Waals surface area contributed by atoms with Crippen molar-refractivity contribution in [1.82, 2.24) is 10.2 Å². The molecule has 1 heterocycles. The van der Waals surface area contributed by atoms with Crippen LogP contribution in [0.1, 0.15) is 12.0 Å². The third-order valence-electron chi connectivity index (χ3n) is 4.37. The molecule has 8 heteroatoms. The van der Waals surface area contributed by atoms with E-state index in [1.807, 2.05) is 18.9 Å². The average molecular weight is 350 g/mol. The number of hydrogen-bond donors (Lipinski definition) is 4. The number of ether oxygens (including phenoxy) is 1. The molecule has 1 aromatic carbocycles. The Morgan fingerprint density at radius 3 is 2.60 bits per heavy atom. The number of nitrogens with zero attached hydrogens (tertiary/aromatic N) is 1. The number of hydrogen-bond acceptors (Lipinski definition) is 5. The fraction of sp³-hybridized carbons (Fsp3) is 0.529. The molecule has 0 saturated carbocycles. The number of anilines is 2. The predicted octanol–water partition coefficient (Wildman–Crippen LogP) is 0.766. The number of methoxy groups -OCH3 is 1. The number of nitrogens with one attached hydrogen (secondary N) is 3. The number of benzene rings is 1. The summed E-state index contributed by atoms with van der Waals surface area (Å²) in [4.78, 5) is 25.9. The third kappa shape index (κ3) is 5.15. The van der Waals surface area contributed by atoms with E-state index >= 15 is 0 Å². The van der Waals surface area contributed by atoms with Crippen molar-refractivity contribution in [3.8, 4) is 0 Å². The van der Waals surface area contributed by atoms with Crippen molar-refractivity contribution in [2.24, 2.45) is 0 Å². The molecule has 1 aromatic rings. The molecule has 0 bridgehead atoms. The number of likely N-dealkylation sites (N-methyl/N-ethyl adjacent to an activating group) is 1. The Morgan fingerprint density at radius 1 is 1.32 bits per heavy atom. The second kappa shape index (κ2) is 8.80. The molecule has 0 radical (unpaired) electrons. The van der Waals surface area contributed by atoms with Gasteiger partial charge in [-0.05, 0) is 38.1 Å². The van der Waals surface area contributed by atoms with E-state index in [0.717, 1.165) is 5.56 Å². The maximum atomic E-state index is 12.2. The second-order valence-corrected chi connectivity index (χ2v) is 6.27. The number of rotatable bonds is 6. The van der Waals surface area contributed by atoms with Gasteiger partial charge in [0.25, 0.3) is 0 Å². The number of aliphatic hydroxyl groups excluding tert-OH is 1. The third-order valence-corrected chi connectivity index (χ3v) is 4.37. The number of aliphatic hydroxyl groups is 1. The van der Waals surface area contributed by atoms with Gasteiger partial charge in [-0.15, -0.1) is 0 Å². The maximum absolute atomic E-state index is 12.2.